The molecule has 1 saturated carbocycles. The number of carbonyl (C=O) groups excluding carboxylic acids is 1. The number of unbranched alkanes of at least 4 members (excludes halogenated alkanes) is 1. The van der Waals surface area contributed by atoms with E-state index in [0.717, 1.165) is 43.7 Å². The fourth-order valence-corrected chi connectivity index (χ4v) is 3.71. The Morgan fingerprint density at radius 3 is 2.63 bits per heavy atom. The molecule has 0 aromatic heterocycles. The first-order chi connectivity index (χ1) is 14.5. The molecule has 0 aliphatic heterocycles. The Kier molecular flexibility index (Phi) is 13.7. The van der Waals surface area contributed by atoms with Crippen molar-refractivity contribution in [3.8, 4) is 0 Å². The molecule has 30 heavy (non-hydrogen) atoms. The fraction of sp³-hybridized carbons (Fsp3) is 0.652. The van der Waals surface area contributed by atoms with Gasteiger partial charge >= 0.3 is 0 Å². The van der Waals surface area contributed by atoms with Gasteiger partial charge in [0.05, 0.1) is 5.69 Å². The Morgan fingerprint density at radius 1 is 1.37 bits per heavy atom. The molecule has 1 aliphatic carbocycles. The average Bonchev–Trinajstić information content (AvgIpc) is 3.25. The maximum atomic E-state index is 12.4. The number of hydrogen-bond donors (Lipinski definition) is 5. The highest BCUT2D eigenvalue weighted by Gasteiger charge is 2.20. The third-order valence-corrected chi connectivity index (χ3v) is 5.50. The van der Waals surface area contributed by atoms with Gasteiger partial charge in [0, 0.05) is 48.3 Å². The first-order valence-corrected chi connectivity index (χ1v) is 11.6. The highest BCUT2D eigenvalue weighted by Crippen LogP contribution is 2.34. The molecule has 6 nitrogen and oxygen atoms in total. The van der Waals surface area contributed by atoms with Crippen LogP contribution in [0.5, 0.6) is 0 Å². The van der Waals surface area contributed by atoms with E-state index < -0.39 is 0 Å². The molecule has 1 unspecified atom stereocenters. The monoisotopic (exact) mass is 436 g/mol. The van der Waals surface area contributed by atoms with E-state index in [-0.39, 0.29) is 24.5 Å². The highest BCUT2D eigenvalue weighted by atomic mass is 32.1. The van der Waals surface area contributed by atoms with Crippen LogP contribution in [0.3, 0.4) is 0 Å². The van der Waals surface area contributed by atoms with Gasteiger partial charge in [0.25, 0.3) is 5.91 Å². The molecule has 0 saturated heterocycles. The fourth-order valence-electron chi connectivity index (χ4n) is 3.38. The Bertz CT molecular complexity index is 655. The summed E-state index contributed by atoms with van der Waals surface area (Å²) in [5.41, 5.74) is 7.41. The van der Waals surface area contributed by atoms with E-state index >= 15 is 0 Å². The number of nitrogens with zero attached hydrogens (tertiary/aromatic N) is 1. The number of thiol groups is 1. The molecule has 1 aromatic rings. The molecule has 1 fully saturated rings. The quantitative estimate of drug-likeness (QED) is 0.219. The Hall–Kier alpha value is -1.41. The van der Waals surface area contributed by atoms with Crippen molar-refractivity contribution in [2.24, 2.45) is 10.7 Å². The second-order valence-corrected chi connectivity index (χ2v) is 8.23. The van der Waals surface area contributed by atoms with Crippen molar-refractivity contribution in [1.82, 2.24) is 10.6 Å². The molecular weight excluding hydrogens is 396 g/mol. The summed E-state index contributed by atoms with van der Waals surface area (Å²) in [6, 6.07) is 3.86. The molecule has 0 heterocycles. The number of amides is 1. The topological polar surface area (TPSA) is 99.7 Å². The number of hydrogen-bond acceptors (Lipinski definition) is 6. The summed E-state index contributed by atoms with van der Waals surface area (Å²) >= 11 is 4.47. The van der Waals surface area contributed by atoms with Gasteiger partial charge in [0.1, 0.15) is 0 Å². The van der Waals surface area contributed by atoms with E-state index in [1.54, 1.807) is 12.3 Å². The van der Waals surface area contributed by atoms with Crippen LogP contribution in [-0.2, 0) is 0 Å². The molecule has 1 atom stereocenters. The molecule has 0 spiro atoms. The minimum atomic E-state index is -0.0937. The maximum absolute atomic E-state index is 12.4. The van der Waals surface area contributed by atoms with Crippen LogP contribution in [0.1, 0.15) is 81.1 Å². The number of aliphatic hydroxyl groups excluding tert-OH is 1. The van der Waals surface area contributed by atoms with Gasteiger partial charge in [-0.25, -0.2) is 0 Å². The standard InChI is InChI=1S/C17H24N2O2S.C6H16N2/c1-3-18-16-14(11(2)10-20)8-12(9-15(16)22)17(21)19-13-6-4-5-7-13;1-2-3-5-8-6-4-7/h3,8-9,11,13,20,22H,4-7,10H2,1-2H3,(H,19,21);8H,2-7H2,1H3. The SMILES string of the molecule is CC=Nc1c(S)cc(C(=O)NC2CCCC2)cc1C(C)CO.CCCCNCCN. The van der Waals surface area contributed by atoms with Crippen molar-refractivity contribution < 1.29 is 9.90 Å². The molecule has 0 bridgehead atoms. The third-order valence-electron chi connectivity index (χ3n) is 5.16. The van der Waals surface area contributed by atoms with Gasteiger partial charge in [-0.15, -0.1) is 12.6 Å². The van der Waals surface area contributed by atoms with Crippen LogP contribution in [0.2, 0.25) is 0 Å². The van der Waals surface area contributed by atoms with E-state index in [9.17, 15) is 9.90 Å². The zero-order valence-corrected chi connectivity index (χ0v) is 19.7. The van der Waals surface area contributed by atoms with Gasteiger partial charge in [-0.2, -0.15) is 0 Å². The lowest BCUT2D eigenvalue weighted by molar-refractivity contribution is 0.0937. The lowest BCUT2D eigenvalue weighted by Gasteiger charge is -2.17. The molecular formula is C23H40N4O2S. The van der Waals surface area contributed by atoms with Crippen LogP contribution in [0.15, 0.2) is 22.0 Å². The summed E-state index contributed by atoms with van der Waals surface area (Å²) in [6.07, 6.45) is 8.69. The summed E-state index contributed by atoms with van der Waals surface area (Å²) in [5, 5.41) is 15.7. The van der Waals surface area contributed by atoms with E-state index in [1.807, 2.05) is 19.9 Å². The van der Waals surface area contributed by atoms with Crippen LogP contribution < -0.4 is 16.4 Å². The van der Waals surface area contributed by atoms with Crippen molar-refractivity contribution in [3.05, 3.63) is 23.3 Å². The lowest BCUT2D eigenvalue weighted by Crippen LogP contribution is -2.32. The molecule has 170 valence electrons. The molecule has 0 radical (unpaired) electrons. The average molecular weight is 437 g/mol. The minimum Gasteiger partial charge on any atom is -0.396 e. The van der Waals surface area contributed by atoms with E-state index in [4.69, 9.17) is 5.73 Å². The number of nitrogens with one attached hydrogen (secondary N) is 2. The Labute approximate surface area is 187 Å². The first kappa shape index (κ1) is 26.6. The zero-order chi connectivity index (χ0) is 22.4. The second-order valence-electron chi connectivity index (χ2n) is 7.75. The van der Waals surface area contributed by atoms with Crippen molar-refractivity contribution in [2.75, 3.05) is 26.2 Å². The first-order valence-electron chi connectivity index (χ1n) is 11.2. The predicted octanol–water partition coefficient (Wildman–Crippen LogP) is 3.80. The van der Waals surface area contributed by atoms with E-state index in [0.29, 0.717) is 10.5 Å². The molecule has 2 rings (SSSR count). The number of carbonyl (C=O) groups is 1. The molecule has 7 heteroatoms. The van der Waals surface area contributed by atoms with Crippen LogP contribution in [0.4, 0.5) is 5.69 Å². The second kappa shape index (κ2) is 15.4. The number of aliphatic hydroxyl groups is 1. The lowest BCUT2D eigenvalue weighted by atomic mass is 9.97. The summed E-state index contributed by atoms with van der Waals surface area (Å²) in [4.78, 5) is 17.4. The Morgan fingerprint density at radius 2 is 2.07 bits per heavy atom. The number of rotatable bonds is 10. The van der Waals surface area contributed by atoms with Crippen molar-refractivity contribution in [3.63, 3.8) is 0 Å². The van der Waals surface area contributed by atoms with E-state index in [1.165, 1.54) is 25.7 Å². The van der Waals surface area contributed by atoms with Crippen LogP contribution in [-0.4, -0.2) is 49.5 Å². The van der Waals surface area contributed by atoms with Crippen LogP contribution in [0.25, 0.3) is 0 Å². The smallest absolute Gasteiger partial charge is 0.251 e. The third kappa shape index (κ3) is 9.16. The van der Waals surface area contributed by atoms with Gasteiger partial charge in [0.15, 0.2) is 0 Å². The molecule has 5 N–H and O–H groups in total. The summed E-state index contributed by atoms with van der Waals surface area (Å²) in [7, 11) is 0. The summed E-state index contributed by atoms with van der Waals surface area (Å²) in [5.74, 6) is -0.163. The van der Waals surface area contributed by atoms with Gasteiger partial charge in [0.2, 0.25) is 0 Å². The minimum absolute atomic E-state index is 0.00709. The number of nitrogens with two attached hydrogens (primary N) is 1. The number of benzene rings is 1. The normalized spacial score (nSPS) is 15.1. The van der Waals surface area contributed by atoms with Crippen molar-refractivity contribution in [2.45, 2.75) is 76.2 Å². The predicted molar refractivity (Wildman–Crippen MR) is 130 cm³/mol. The Balaban J connectivity index is 0.000000479. The number of aliphatic imine (C=N–C) groups is 1. The summed E-state index contributed by atoms with van der Waals surface area (Å²) < 4.78 is 0. The molecule has 1 amide bonds. The largest absolute Gasteiger partial charge is 0.396 e. The maximum Gasteiger partial charge on any atom is 0.251 e. The highest BCUT2D eigenvalue weighted by molar-refractivity contribution is 7.80. The van der Waals surface area contributed by atoms with Crippen molar-refractivity contribution >= 4 is 30.4 Å². The van der Waals surface area contributed by atoms with E-state index in [2.05, 4.69) is 35.2 Å². The van der Waals surface area contributed by atoms with Gasteiger partial charge in [-0.05, 0) is 50.4 Å². The molecule has 1 aliphatic rings. The summed E-state index contributed by atoms with van der Waals surface area (Å²) in [6.45, 7) is 8.77. The zero-order valence-electron chi connectivity index (χ0n) is 18.8. The van der Waals surface area contributed by atoms with Crippen LogP contribution >= 0.6 is 12.6 Å². The van der Waals surface area contributed by atoms with Gasteiger partial charge in [-0.1, -0.05) is 33.1 Å². The molecule has 1 aromatic carbocycles. The van der Waals surface area contributed by atoms with Gasteiger partial charge < -0.3 is 21.5 Å². The van der Waals surface area contributed by atoms with Gasteiger partial charge in [-0.3, -0.25) is 9.79 Å². The van der Waals surface area contributed by atoms with Crippen molar-refractivity contribution in [1.29, 1.82) is 0 Å². The van der Waals surface area contributed by atoms with Crippen LogP contribution in [0, 0.1) is 0 Å².